The van der Waals surface area contributed by atoms with Crippen molar-refractivity contribution in [3.05, 3.63) is 0 Å². The molecule has 0 bridgehead atoms. The Morgan fingerprint density at radius 1 is 0.950 bits per heavy atom. The van der Waals surface area contributed by atoms with Crippen molar-refractivity contribution < 1.29 is 4.79 Å². The second-order valence-electron chi connectivity index (χ2n) is 6.14. The number of urea groups is 1. The molecule has 1 saturated heterocycles. The molecule has 1 aliphatic heterocycles. The van der Waals surface area contributed by atoms with Gasteiger partial charge in [-0.25, -0.2) is 4.79 Å². The van der Waals surface area contributed by atoms with Gasteiger partial charge in [0.25, 0.3) is 0 Å². The second kappa shape index (κ2) is 7.87. The van der Waals surface area contributed by atoms with E-state index in [1.807, 2.05) is 4.90 Å². The fourth-order valence-electron chi connectivity index (χ4n) is 3.71. The van der Waals surface area contributed by atoms with Gasteiger partial charge in [0.1, 0.15) is 0 Å². The summed E-state index contributed by atoms with van der Waals surface area (Å²) in [5, 5.41) is 3.42. The van der Waals surface area contributed by atoms with Crippen LogP contribution in [0.25, 0.3) is 0 Å². The van der Waals surface area contributed by atoms with Crippen molar-refractivity contribution >= 4 is 6.03 Å². The van der Waals surface area contributed by atoms with Gasteiger partial charge in [-0.1, -0.05) is 19.3 Å². The average molecular weight is 281 g/mol. The molecule has 1 heterocycles. The summed E-state index contributed by atoms with van der Waals surface area (Å²) in [5.41, 5.74) is 0. The summed E-state index contributed by atoms with van der Waals surface area (Å²) < 4.78 is 0. The molecule has 0 spiro atoms. The summed E-state index contributed by atoms with van der Waals surface area (Å²) in [5.74, 6) is 0. The Hall–Kier alpha value is -0.770. The van der Waals surface area contributed by atoms with E-state index in [9.17, 15) is 4.79 Å². The van der Waals surface area contributed by atoms with E-state index in [-0.39, 0.29) is 6.03 Å². The van der Waals surface area contributed by atoms with Crippen LogP contribution < -0.4 is 5.32 Å². The fourth-order valence-corrected chi connectivity index (χ4v) is 3.71. The number of piperidine rings is 1. The smallest absolute Gasteiger partial charge is 0.320 e. The van der Waals surface area contributed by atoms with Crippen LogP contribution in [-0.2, 0) is 0 Å². The van der Waals surface area contributed by atoms with Crippen molar-refractivity contribution in [2.75, 3.05) is 26.2 Å². The Morgan fingerprint density at radius 2 is 1.50 bits per heavy atom. The monoisotopic (exact) mass is 281 g/mol. The third-order valence-electron chi connectivity index (χ3n) is 4.92. The molecule has 2 amide bonds. The molecule has 4 heteroatoms. The lowest BCUT2D eigenvalue weighted by molar-refractivity contribution is 0.0832. The average Bonchev–Trinajstić information content (AvgIpc) is 2.51. The summed E-state index contributed by atoms with van der Waals surface area (Å²) in [6.07, 6.45) is 8.56. The van der Waals surface area contributed by atoms with E-state index in [0.29, 0.717) is 12.1 Å². The predicted octanol–water partition coefficient (Wildman–Crippen LogP) is 2.83. The second-order valence-corrected chi connectivity index (χ2v) is 6.14. The molecule has 4 nitrogen and oxygen atoms in total. The molecule has 0 atom stereocenters. The summed E-state index contributed by atoms with van der Waals surface area (Å²) >= 11 is 0. The van der Waals surface area contributed by atoms with Gasteiger partial charge in [-0.2, -0.15) is 0 Å². The van der Waals surface area contributed by atoms with Crippen LogP contribution in [0.5, 0.6) is 0 Å². The third kappa shape index (κ3) is 3.66. The molecule has 2 aliphatic rings. The Morgan fingerprint density at radius 3 is 2.05 bits per heavy atom. The molecule has 116 valence electrons. The Labute approximate surface area is 123 Å². The van der Waals surface area contributed by atoms with Gasteiger partial charge in [-0.05, 0) is 52.6 Å². The van der Waals surface area contributed by atoms with Crippen molar-refractivity contribution in [2.45, 2.75) is 70.9 Å². The zero-order valence-electron chi connectivity index (χ0n) is 13.2. The number of carbonyl (C=O) groups is 1. The topological polar surface area (TPSA) is 35.6 Å². The molecular formula is C16H31N3O. The van der Waals surface area contributed by atoms with E-state index in [1.54, 1.807) is 0 Å². The van der Waals surface area contributed by atoms with Crippen LogP contribution in [-0.4, -0.2) is 54.1 Å². The van der Waals surface area contributed by atoms with Crippen molar-refractivity contribution in [1.82, 2.24) is 15.1 Å². The maximum absolute atomic E-state index is 12.9. The van der Waals surface area contributed by atoms with Crippen molar-refractivity contribution in [1.29, 1.82) is 0 Å². The van der Waals surface area contributed by atoms with Gasteiger partial charge in [0, 0.05) is 25.2 Å². The molecule has 0 aromatic heterocycles. The highest BCUT2D eigenvalue weighted by Crippen LogP contribution is 2.27. The summed E-state index contributed by atoms with van der Waals surface area (Å²) in [4.78, 5) is 17.2. The first-order chi connectivity index (χ1) is 9.77. The molecule has 0 aromatic carbocycles. The van der Waals surface area contributed by atoms with Crippen LogP contribution in [0, 0.1) is 0 Å². The van der Waals surface area contributed by atoms with Gasteiger partial charge in [-0.15, -0.1) is 0 Å². The Kier molecular flexibility index (Phi) is 6.14. The van der Waals surface area contributed by atoms with Gasteiger partial charge in [0.15, 0.2) is 0 Å². The lowest BCUT2D eigenvalue weighted by Gasteiger charge is -2.43. The lowest BCUT2D eigenvalue weighted by Crippen LogP contribution is -2.55. The van der Waals surface area contributed by atoms with Crippen LogP contribution in [0.1, 0.15) is 58.8 Å². The Bertz CT molecular complexity index is 274. The number of amides is 2. The standard InChI is InChI=1S/C16H31N3O/c1-3-18(4-2)16(20)19(14-8-6-5-7-9-14)15-10-12-17-13-11-15/h14-15,17H,3-13H2,1-2H3. The first-order valence-electron chi connectivity index (χ1n) is 8.55. The van der Waals surface area contributed by atoms with E-state index in [2.05, 4.69) is 24.1 Å². The SMILES string of the molecule is CCN(CC)C(=O)N(C1CCCCC1)C1CCNCC1. The number of carbonyl (C=O) groups excluding carboxylic acids is 1. The zero-order valence-corrected chi connectivity index (χ0v) is 13.2. The number of rotatable bonds is 4. The fraction of sp³-hybridized carbons (Fsp3) is 0.938. The van der Waals surface area contributed by atoms with Gasteiger partial charge in [0.05, 0.1) is 0 Å². The van der Waals surface area contributed by atoms with Crippen molar-refractivity contribution in [3.8, 4) is 0 Å². The summed E-state index contributed by atoms with van der Waals surface area (Å²) in [7, 11) is 0. The number of hydrogen-bond acceptors (Lipinski definition) is 2. The first kappa shape index (κ1) is 15.6. The molecule has 20 heavy (non-hydrogen) atoms. The number of nitrogens with one attached hydrogen (secondary N) is 1. The van der Waals surface area contributed by atoms with Crippen LogP contribution in [0.3, 0.4) is 0 Å². The highest BCUT2D eigenvalue weighted by atomic mass is 16.2. The third-order valence-corrected chi connectivity index (χ3v) is 4.92. The van der Waals surface area contributed by atoms with Crippen LogP contribution in [0.4, 0.5) is 4.79 Å². The molecule has 0 unspecified atom stereocenters. The molecule has 0 radical (unpaired) electrons. The Balaban J connectivity index is 2.11. The minimum Gasteiger partial charge on any atom is -0.325 e. The molecule has 2 fully saturated rings. The van der Waals surface area contributed by atoms with Crippen molar-refractivity contribution in [3.63, 3.8) is 0 Å². The molecule has 2 rings (SSSR count). The van der Waals surface area contributed by atoms with E-state index < -0.39 is 0 Å². The largest absolute Gasteiger partial charge is 0.325 e. The van der Waals surface area contributed by atoms with E-state index >= 15 is 0 Å². The first-order valence-corrected chi connectivity index (χ1v) is 8.55. The van der Waals surface area contributed by atoms with Gasteiger partial charge in [-0.3, -0.25) is 0 Å². The minimum atomic E-state index is 0.286. The predicted molar refractivity (Wildman–Crippen MR) is 82.9 cm³/mol. The van der Waals surface area contributed by atoms with Crippen LogP contribution >= 0.6 is 0 Å². The molecule has 1 N–H and O–H groups in total. The number of hydrogen-bond donors (Lipinski definition) is 1. The molecule has 0 aromatic rings. The zero-order chi connectivity index (χ0) is 14.4. The van der Waals surface area contributed by atoms with E-state index in [1.165, 1.54) is 32.1 Å². The van der Waals surface area contributed by atoms with Crippen LogP contribution in [0.2, 0.25) is 0 Å². The minimum absolute atomic E-state index is 0.286. The van der Waals surface area contributed by atoms with Gasteiger partial charge < -0.3 is 15.1 Å². The molecular weight excluding hydrogens is 250 g/mol. The maximum Gasteiger partial charge on any atom is 0.320 e. The lowest BCUT2D eigenvalue weighted by atomic mass is 9.91. The van der Waals surface area contributed by atoms with Crippen molar-refractivity contribution in [2.24, 2.45) is 0 Å². The normalized spacial score (nSPS) is 21.7. The van der Waals surface area contributed by atoms with Gasteiger partial charge in [0.2, 0.25) is 0 Å². The maximum atomic E-state index is 12.9. The molecule has 1 aliphatic carbocycles. The van der Waals surface area contributed by atoms with E-state index in [0.717, 1.165) is 39.0 Å². The quantitative estimate of drug-likeness (QED) is 0.860. The summed E-state index contributed by atoms with van der Waals surface area (Å²) in [6, 6.07) is 1.22. The summed E-state index contributed by atoms with van der Waals surface area (Å²) in [6.45, 7) is 7.93. The van der Waals surface area contributed by atoms with Crippen LogP contribution in [0.15, 0.2) is 0 Å². The highest BCUT2D eigenvalue weighted by molar-refractivity contribution is 5.75. The van der Waals surface area contributed by atoms with E-state index in [4.69, 9.17) is 0 Å². The molecule has 1 saturated carbocycles. The highest BCUT2D eigenvalue weighted by Gasteiger charge is 2.34. The van der Waals surface area contributed by atoms with Gasteiger partial charge >= 0.3 is 6.03 Å². The number of nitrogens with zero attached hydrogens (tertiary/aromatic N) is 2.